The molecule has 1 aromatic heterocycles. The van der Waals surface area contributed by atoms with Crippen molar-refractivity contribution in [2.75, 3.05) is 22.9 Å². The lowest BCUT2D eigenvalue weighted by molar-refractivity contribution is 0.256. The number of carbonyl (C=O) groups excluding carboxylic acids is 1. The highest BCUT2D eigenvalue weighted by atomic mass is 19.1. The van der Waals surface area contributed by atoms with Gasteiger partial charge < -0.3 is 0 Å². The van der Waals surface area contributed by atoms with Crippen molar-refractivity contribution in [2.24, 2.45) is 0 Å². The predicted octanol–water partition coefficient (Wildman–Crippen LogP) is 4.64. The number of pyridine rings is 1. The molecule has 2 aromatic carbocycles. The van der Waals surface area contributed by atoms with Gasteiger partial charge in [-0.05, 0) is 42.3 Å². The Morgan fingerprint density at radius 3 is 2.42 bits per heavy atom. The van der Waals surface area contributed by atoms with E-state index < -0.39 is 0 Å². The summed E-state index contributed by atoms with van der Waals surface area (Å²) in [7, 11) is 0. The van der Waals surface area contributed by atoms with E-state index in [1.165, 1.54) is 6.07 Å². The van der Waals surface area contributed by atoms with Gasteiger partial charge in [0.2, 0.25) is 0 Å². The zero-order chi connectivity index (χ0) is 18.1. The Morgan fingerprint density at radius 2 is 1.69 bits per heavy atom. The van der Waals surface area contributed by atoms with E-state index in [0.717, 1.165) is 22.5 Å². The average molecular weight is 347 g/mol. The van der Waals surface area contributed by atoms with Crippen molar-refractivity contribution in [3.63, 3.8) is 0 Å². The van der Waals surface area contributed by atoms with E-state index in [4.69, 9.17) is 0 Å². The lowest BCUT2D eigenvalue weighted by Crippen LogP contribution is -2.32. The molecule has 26 heavy (non-hydrogen) atoms. The first kappa shape index (κ1) is 16.3. The highest BCUT2D eigenvalue weighted by Crippen LogP contribution is 2.29. The molecule has 5 heteroatoms. The topological polar surface area (TPSA) is 36.4 Å². The van der Waals surface area contributed by atoms with E-state index in [1.807, 2.05) is 43.3 Å². The summed E-state index contributed by atoms with van der Waals surface area (Å²) in [5, 5.41) is 0. The van der Waals surface area contributed by atoms with Crippen molar-refractivity contribution in [2.45, 2.75) is 6.92 Å². The number of halogens is 1. The van der Waals surface area contributed by atoms with Crippen molar-refractivity contribution >= 4 is 17.4 Å². The Hall–Kier alpha value is -3.21. The van der Waals surface area contributed by atoms with E-state index in [9.17, 15) is 9.18 Å². The van der Waals surface area contributed by atoms with Crippen LogP contribution in [0.25, 0.3) is 11.1 Å². The monoisotopic (exact) mass is 347 g/mol. The molecule has 2 amide bonds. The maximum absolute atomic E-state index is 13.9. The summed E-state index contributed by atoms with van der Waals surface area (Å²) in [5.74, 6) is -0.254. The Kier molecular flexibility index (Phi) is 4.13. The standard InChI is InChI=1S/C21H18FN3O/c1-15-10-11-23-14-20(15)25-13-12-24(21(25)26)17-8-6-16(7-9-17)18-4-2-3-5-19(18)22/h2-11,14H,12-13H2,1H3. The number of amides is 2. The van der Waals surface area contributed by atoms with Crippen LogP contribution in [0.1, 0.15) is 5.56 Å². The normalized spacial score (nSPS) is 14.2. The fraction of sp³-hybridized carbons (Fsp3) is 0.143. The molecule has 1 saturated heterocycles. The van der Waals surface area contributed by atoms with Crippen LogP contribution in [0.3, 0.4) is 0 Å². The molecule has 4 nitrogen and oxygen atoms in total. The number of hydrogen-bond donors (Lipinski definition) is 0. The molecule has 0 N–H and O–H groups in total. The summed E-state index contributed by atoms with van der Waals surface area (Å²) in [6, 6.07) is 15.9. The van der Waals surface area contributed by atoms with Crippen LogP contribution < -0.4 is 9.80 Å². The SMILES string of the molecule is Cc1ccncc1N1CCN(c2ccc(-c3ccccc3F)cc2)C1=O. The number of aryl methyl sites for hydroxylation is 1. The summed E-state index contributed by atoms with van der Waals surface area (Å²) in [4.78, 5) is 20.4. The summed E-state index contributed by atoms with van der Waals surface area (Å²) in [6.45, 7) is 3.18. The molecule has 0 aliphatic carbocycles. The third-order valence-corrected chi connectivity index (χ3v) is 4.68. The molecule has 0 unspecified atom stereocenters. The zero-order valence-corrected chi connectivity index (χ0v) is 14.4. The van der Waals surface area contributed by atoms with Crippen LogP contribution in [0.4, 0.5) is 20.6 Å². The smallest absolute Gasteiger partial charge is 0.292 e. The van der Waals surface area contributed by atoms with Gasteiger partial charge in [0, 0.05) is 30.5 Å². The molecular weight excluding hydrogens is 329 g/mol. The number of carbonyl (C=O) groups is 1. The molecule has 4 rings (SSSR count). The van der Waals surface area contributed by atoms with E-state index in [2.05, 4.69) is 4.98 Å². The quantitative estimate of drug-likeness (QED) is 0.692. The largest absolute Gasteiger partial charge is 0.329 e. The van der Waals surface area contributed by atoms with Crippen LogP contribution in [0.5, 0.6) is 0 Å². The third-order valence-electron chi connectivity index (χ3n) is 4.68. The lowest BCUT2D eigenvalue weighted by atomic mass is 10.0. The summed E-state index contributed by atoms with van der Waals surface area (Å²) in [5.41, 5.74) is 4.00. The number of anilines is 2. The van der Waals surface area contributed by atoms with Gasteiger partial charge in [0.05, 0.1) is 11.9 Å². The molecule has 1 aliphatic rings. The fourth-order valence-electron chi connectivity index (χ4n) is 3.25. The maximum atomic E-state index is 13.9. The predicted molar refractivity (Wildman–Crippen MR) is 101 cm³/mol. The van der Waals surface area contributed by atoms with Gasteiger partial charge in [-0.15, -0.1) is 0 Å². The van der Waals surface area contributed by atoms with Gasteiger partial charge >= 0.3 is 6.03 Å². The third kappa shape index (κ3) is 2.81. The molecule has 0 radical (unpaired) electrons. The highest BCUT2D eigenvalue weighted by molar-refractivity contribution is 6.06. The second kappa shape index (κ2) is 6.59. The Morgan fingerprint density at radius 1 is 0.962 bits per heavy atom. The first-order valence-electron chi connectivity index (χ1n) is 8.50. The molecule has 2 heterocycles. The summed E-state index contributed by atoms with van der Waals surface area (Å²) < 4.78 is 13.9. The van der Waals surface area contributed by atoms with Gasteiger partial charge in [0.1, 0.15) is 5.82 Å². The van der Waals surface area contributed by atoms with Gasteiger partial charge in [0.25, 0.3) is 0 Å². The number of urea groups is 1. The Balaban J connectivity index is 1.58. The average Bonchev–Trinajstić information content (AvgIpc) is 3.04. The van der Waals surface area contributed by atoms with E-state index in [1.54, 1.807) is 34.3 Å². The lowest BCUT2D eigenvalue weighted by Gasteiger charge is -2.20. The fourth-order valence-corrected chi connectivity index (χ4v) is 3.25. The van der Waals surface area contributed by atoms with E-state index in [-0.39, 0.29) is 11.8 Å². The van der Waals surface area contributed by atoms with Crippen LogP contribution in [-0.2, 0) is 0 Å². The number of hydrogen-bond acceptors (Lipinski definition) is 2. The molecule has 0 bridgehead atoms. The van der Waals surface area contributed by atoms with Gasteiger partial charge in [-0.1, -0.05) is 30.3 Å². The number of benzene rings is 2. The van der Waals surface area contributed by atoms with Crippen LogP contribution in [-0.4, -0.2) is 24.1 Å². The van der Waals surface area contributed by atoms with Crippen molar-refractivity contribution in [1.29, 1.82) is 0 Å². The van der Waals surface area contributed by atoms with Gasteiger partial charge in [0.15, 0.2) is 0 Å². The van der Waals surface area contributed by atoms with Crippen LogP contribution in [0, 0.1) is 12.7 Å². The molecule has 130 valence electrons. The maximum Gasteiger partial charge on any atom is 0.329 e. The van der Waals surface area contributed by atoms with Gasteiger partial charge in [-0.2, -0.15) is 0 Å². The van der Waals surface area contributed by atoms with Gasteiger partial charge in [-0.25, -0.2) is 9.18 Å². The molecule has 1 aliphatic heterocycles. The Bertz CT molecular complexity index is 955. The molecule has 3 aromatic rings. The van der Waals surface area contributed by atoms with Crippen LogP contribution in [0.2, 0.25) is 0 Å². The van der Waals surface area contributed by atoms with Gasteiger partial charge in [-0.3, -0.25) is 14.8 Å². The summed E-state index contributed by atoms with van der Waals surface area (Å²) in [6.07, 6.45) is 3.44. The zero-order valence-electron chi connectivity index (χ0n) is 14.4. The molecular formula is C21H18FN3O. The molecule has 0 atom stereocenters. The molecule has 0 spiro atoms. The van der Waals surface area contributed by atoms with Crippen molar-refractivity contribution < 1.29 is 9.18 Å². The first-order valence-corrected chi connectivity index (χ1v) is 8.50. The molecule has 1 fully saturated rings. The first-order chi connectivity index (χ1) is 12.6. The van der Waals surface area contributed by atoms with E-state index >= 15 is 0 Å². The second-order valence-corrected chi connectivity index (χ2v) is 6.27. The van der Waals surface area contributed by atoms with Crippen molar-refractivity contribution in [3.8, 4) is 11.1 Å². The van der Waals surface area contributed by atoms with Crippen molar-refractivity contribution in [1.82, 2.24) is 4.98 Å². The number of rotatable bonds is 3. The Labute approximate surface area is 151 Å². The second-order valence-electron chi connectivity index (χ2n) is 6.27. The van der Waals surface area contributed by atoms with Crippen LogP contribution in [0.15, 0.2) is 67.0 Å². The number of aromatic nitrogens is 1. The van der Waals surface area contributed by atoms with Crippen molar-refractivity contribution in [3.05, 3.63) is 78.4 Å². The minimum absolute atomic E-state index is 0.0697. The minimum atomic E-state index is -0.254. The van der Waals surface area contributed by atoms with Crippen LogP contribution >= 0.6 is 0 Å². The minimum Gasteiger partial charge on any atom is -0.292 e. The highest BCUT2D eigenvalue weighted by Gasteiger charge is 2.31. The summed E-state index contributed by atoms with van der Waals surface area (Å²) >= 11 is 0. The van der Waals surface area contributed by atoms with E-state index in [0.29, 0.717) is 18.7 Å². The molecule has 0 saturated carbocycles. The number of nitrogens with zero attached hydrogens (tertiary/aromatic N) is 3.